The predicted octanol–water partition coefficient (Wildman–Crippen LogP) is 3.19. The molecule has 0 saturated heterocycles. The number of hydrogen-bond acceptors (Lipinski definition) is 3. The summed E-state index contributed by atoms with van der Waals surface area (Å²) in [4.78, 5) is 0.261. The first-order chi connectivity index (χ1) is 11.0. The molecule has 118 valence electrons. The molecule has 0 fully saturated rings. The maximum absolute atomic E-state index is 12.9. The van der Waals surface area contributed by atoms with Crippen molar-refractivity contribution in [2.75, 3.05) is 6.61 Å². The predicted molar refractivity (Wildman–Crippen MR) is 91.8 cm³/mol. The van der Waals surface area contributed by atoms with Gasteiger partial charge in [0, 0.05) is 11.6 Å². The molecule has 3 aromatic rings. The lowest BCUT2D eigenvalue weighted by molar-refractivity contribution is 0.343. The molecule has 5 heteroatoms. The van der Waals surface area contributed by atoms with E-state index in [1.165, 1.54) is 3.97 Å². The van der Waals surface area contributed by atoms with Crippen LogP contribution in [0.2, 0.25) is 0 Å². The minimum Gasteiger partial charge on any atom is -0.392 e. The van der Waals surface area contributed by atoms with E-state index in [0.29, 0.717) is 5.52 Å². The number of aryl methyl sites for hydroxylation is 1. The first-order valence-electron chi connectivity index (χ1n) is 7.23. The number of aliphatic hydroxyl groups excluding tert-OH is 1. The van der Waals surface area contributed by atoms with E-state index in [-0.39, 0.29) is 11.5 Å². The molecule has 0 aliphatic rings. The number of fused-ring (bicyclic) bond motifs is 1. The van der Waals surface area contributed by atoms with Crippen LogP contribution in [-0.4, -0.2) is 24.1 Å². The Balaban J connectivity index is 2.15. The van der Waals surface area contributed by atoms with E-state index in [1.807, 2.05) is 19.1 Å². The van der Waals surface area contributed by atoms with Gasteiger partial charge in [-0.2, -0.15) is 0 Å². The van der Waals surface area contributed by atoms with Crippen LogP contribution in [0.25, 0.3) is 17.0 Å². The second kappa shape index (κ2) is 6.02. The number of benzene rings is 2. The van der Waals surface area contributed by atoms with Gasteiger partial charge in [0.2, 0.25) is 0 Å². The minimum absolute atomic E-state index is 0.0548. The van der Waals surface area contributed by atoms with Crippen LogP contribution in [0.1, 0.15) is 11.1 Å². The molecule has 0 amide bonds. The highest BCUT2D eigenvalue weighted by molar-refractivity contribution is 7.90. The van der Waals surface area contributed by atoms with Crippen molar-refractivity contribution in [3.05, 3.63) is 71.9 Å². The molecule has 23 heavy (non-hydrogen) atoms. The Labute approximate surface area is 135 Å². The summed E-state index contributed by atoms with van der Waals surface area (Å²) < 4.78 is 27.0. The van der Waals surface area contributed by atoms with Crippen LogP contribution in [0.15, 0.2) is 65.7 Å². The summed E-state index contributed by atoms with van der Waals surface area (Å²) in [5.74, 6) is 0. The van der Waals surface area contributed by atoms with Crippen LogP contribution in [-0.2, 0) is 10.0 Å². The zero-order valence-electron chi connectivity index (χ0n) is 12.7. The Kier molecular flexibility index (Phi) is 4.07. The maximum atomic E-state index is 12.9. The second-order valence-corrected chi connectivity index (χ2v) is 7.15. The fourth-order valence-corrected chi connectivity index (χ4v) is 3.79. The van der Waals surface area contributed by atoms with E-state index in [9.17, 15) is 8.42 Å². The van der Waals surface area contributed by atoms with E-state index in [0.717, 1.165) is 16.5 Å². The van der Waals surface area contributed by atoms with Crippen LogP contribution in [0.3, 0.4) is 0 Å². The number of aromatic nitrogens is 1. The van der Waals surface area contributed by atoms with E-state index in [2.05, 4.69) is 0 Å². The Morgan fingerprint density at radius 3 is 2.52 bits per heavy atom. The third kappa shape index (κ3) is 2.93. The fraction of sp³-hybridized carbons (Fsp3) is 0.111. The molecule has 0 radical (unpaired) electrons. The van der Waals surface area contributed by atoms with Crippen LogP contribution < -0.4 is 0 Å². The van der Waals surface area contributed by atoms with Gasteiger partial charge in [-0.05, 0) is 36.8 Å². The Hall–Kier alpha value is -2.37. The zero-order chi connectivity index (χ0) is 16.4. The van der Waals surface area contributed by atoms with Gasteiger partial charge >= 0.3 is 0 Å². The van der Waals surface area contributed by atoms with E-state index in [1.54, 1.807) is 54.7 Å². The maximum Gasteiger partial charge on any atom is 0.268 e. The molecule has 1 aromatic heterocycles. The van der Waals surface area contributed by atoms with Gasteiger partial charge in [0.1, 0.15) is 0 Å². The minimum atomic E-state index is -3.63. The lowest BCUT2D eigenvalue weighted by Crippen LogP contribution is -2.11. The Morgan fingerprint density at radius 2 is 1.83 bits per heavy atom. The van der Waals surface area contributed by atoms with Gasteiger partial charge in [0.15, 0.2) is 0 Å². The standard InChI is InChI=1S/C18H17NO3S/c1-14-4-8-17(9-5-14)23(21,22)19-11-10-16-7-6-15(3-2-12-20)13-18(16)19/h2-11,13,20H,12H2,1H3. The van der Waals surface area contributed by atoms with Gasteiger partial charge in [-0.3, -0.25) is 0 Å². The highest BCUT2D eigenvalue weighted by atomic mass is 32.2. The molecule has 0 bridgehead atoms. The van der Waals surface area contributed by atoms with E-state index in [4.69, 9.17) is 5.11 Å². The van der Waals surface area contributed by atoms with Gasteiger partial charge in [0.05, 0.1) is 17.0 Å². The van der Waals surface area contributed by atoms with E-state index >= 15 is 0 Å². The average Bonchev–Trinajstić information content (AvgIpc) is 2.97. The molecule has 0 spiro atoms. The normalized spacial score (nSPS) is 12.3. The second-order valence-electron chi connectivity index (χ2n) is 5.33. The summed E-state index contributed by atoms with van der Waals surface area (Å²) in [7, 11) is -3.63. The Morgan fingerprint density at radius 1 is 1.09 bits per heavy atom. The number of aliphatic hydroxyl groups is 1. The summed E-state index contributed by atoms with van der Waals surface area (Å²) in [6.45, 7) is 1.86. The zero-order valence-corrected chi connectivity index (χ0v) is 13.5. The SMILES string of the molecule is Cc1ccc(S(=O)(=O)n2ccc3ccc(C=CCO)cc32)cc1. The van der Waals surface area contributed by atoms with Crippen molar-refractivity contribution < 1.29 is 13.5 Å². The third-order valence-corrected chi connectivity index (χ3v) is 5.38. The van der Waals surface area contributed by atoms with Crippen LogP contribution in [0.4, 0.5) is 0 Å². The average molecular weight is 327 g/mol. The summed E-state index contributed by atoms with van der Waals surface area (Å²) in [6, 6.07) is 14.1. The molecular formula is C18H17NO3S. The molecule has 1 heterocycles. The van der Waals surface area contributed by atoms with Crippen molar-refractivity contribution in [2.24, 2.45) is 0 Å². The first kappa shape index (κ1) is 15.5. The summed E-state index contributed by atoms with van der Waals surface area (Å²) >= 11 is 0. The highest BCUT2D eigenvalue weighted by Gasteiger charge is 2.18. The largest absolute Gasteiger partial charge is 0.392 e. The van der Waals surface area contributed by atoms with Crippen LogP contribution >= 0.6 is 0 Å². The molecule has 0 unspecified atom stereocenters. The number of rotatable bonds is 4. The van der Waals surface area contributed by atoms with Crippen molar-refractivity contribution in [1.82, 2.24) is 3.97 Å². The molecule has 0 aliphatic carbocycles. The third-order valence-electron chi connectivity index (χ3n) is 3.67. The molecule has 4 nitrogen and oxygen atoms in total. The quantitative estimate of drug-likeness (QED) is 0.800. The summed E-state index contributed by atoms with van der Waals surface area (Å²) in [6.07, 6.45) is 4.94. The summed E-state index contributed by atoms with van der Waals surface area (Å²) in [5.41, 5.74) is 2.47. The molecule has 0 saturated carbocycles. The molecule has 2 aromatic carbocycles. The monoisotopic (exact) mass is 327 g/mol. The van der Waals surface area contributed by atoms with Crippen molar-refractivity contribution in [1.29, 1.82) is 0 Å². The lowest BCUT2D eigenvalue weighted by Gasteiger charge is -2.08. The molecule has 0 atom stereocenters. The van der Waals surface area contributed by atoms with Crippen LogP contribution in [0.5, 0.6) is 0 Å². The van der Waals surface area contributed by atoms with Gasteiger partial charge in [-0.15, -0.1) is 0 Å². The smallest absolute Gasteiger partial charge is 0.268 e. The van der Waals surface area contributed by atoms with Crippen molar-refractivity contribution >= 4 is 27.0 Å². The summed E-state index contributed by atoms with van der Waals surface area (Å²) in [5, 5.41) is 9.72. The van der Waals surface area contributed by atoms with Crippen molar-refractivity contribution in [3.8, 4) is 0 Å². The first-order valence-corrected chi connectivity index (χ1v) is 8.67. The number of nitrogens with zero attached hydrogens (tertiary/aromatic N) is 1. The van der Waals surface area contributed by atoms with Gasteiger partial charge < -0.3 is 5.11 Å². The van der Waals surface area contributed by atoms with Gasteiger partial charge in [0.25, 0.3) is 10.0 Å². The molecule has 3 rings (SSSR count). The molecule has 0 aliphatic heterocycles. The Bertz CT molecular complexity index is 967. The topological polar surface area (TPSA) is 59.3 Å². The fourth-order valence-electron chi connectivity index (χ4n) is 2.45. The van der Waals surface area contributed by atoms with Crippen molar-refractivity contribution in [3.63, 3.8) is 0 Å². The van der Waals surface area contributed by atoms with E-state index < -0.39 is 10.0 Å². The lowest BCUT2D eigenvalue weighted by atomic mass is 10.1. The molecule has 1 N–H and O–H groups in total. The highest BCUT2D eigenvalue weighted by Crippen LogP contribution is 2.24. The molecular weight excluding hydrogens is 310 g/mol. The van der Waals surface area contributed by atoms with Gasteiger partial charge in [-0.25, -0.2) is 12.4 Å². The number of hydrogen-bond donors (Lipinski definition) is 1. The van der Waals surface area contributed by atoms with Crippen molar-refractivity contribution in [2.45, 2.75) is 11.8 Å². The van der Waals surface area contributed by atoms with Crippen LogP contribution in [0, 0.1) is 6.92 Å². The van der Waals surface area contributed by atoms with Gasteiger partial charge in [-0.1, -0.05) is 42.0 Å².